The number of fused-ring (bicyclic) bond motifs is 1. The van der Waals surface area contributed by atoms with Gasteiger partial charge >= 0.3 is 12.1 Å². The molecule has 3 rings (SSSR count). The number of carbonyl (C=O) groups is 1. The summed E-state index contributed by atoms with van der Waals surface area (Å²) in [6, 6.07) is 10.6. The lowest BCUT2D eigenvalue weighted by atomic mass is 9.84. The lowest BCUT2D eigenvalue weighted by Crippen LogP contribution is -2.44. The van der Waals surface area contributed by atoms with Gasteiger partial charge in [0.1, 0.15) is 0 Å². The van der Waals surface area contributed by atoms with E-state index in [0.29, 0.717) is 18.4 Å². The molecule has 0 spiro atoms. The lowest BCUT2D eigenvalue weighted by molar-refractivity contribution is -0.192. The van der Waals surface area contributed by atoms with Crippen molar-refractivity contribution in [1.82, 2.24) is 9.62 Å². The molecule has 30 heavy (non-hydrogen) atoms. The fraction of sp³-hybridized carbons (Fsp3) is 0.632. The lowest BCUT2D eigenvalue weighted by Gasteiger charge is -2.35. The molecule has 7 nitrogen and oxygen atoms in total. The van der Waals surface area contributed by atoms with E-state index in [2.05, 4.69) is 40.0 Å². The minimum atomic E-state index is -5.08. The zero-order valence-corrected chi connectivity index (χ0v) is 17.5. The topological polar surface area (TPSA) is 95.9 Å². The van der Waals surface area contributed by atoms with Gasteiger partial charge in [0.25, 0.3) is 0 Å². The van der Waals surface area contributed by atoms with Crippen molar-refractivity contribution in [2.45, 2.75) is 25.1 Å². The summed E-state index contributed by atoms with van der Waals surface area (Å²) >= 11 is 0. The van der Waals surface area contributed by atoms with Crippen LogP contribution < -0.4 is 4.72 Å². The molecule has 1 aromatic rings. The molecule has 2 aliphatic rings. The van der Waals surface area contributed by atoms with Crippen LogP contribution in [0.4, 0.5) is 13.2 Å². The van der Waals surface area contributed by atoms with Crippen molar-refractivity contribution in [3.63, 3.8) is 0 Å². The second-order valence-electron chi connectivity index (χ2n) is 7.54. The van der Waals surface area contributed by atoms with Crippen molar-refractivity contribution < 1.29 is 36.2 Å². The molecule has 0 saturated carbocycles. The van der Waals surface area contributed by atoms with Crippen LogP contribution in [-0.2, 0) is 26.0 Å². The Morgan fingerprint density at radius 2 is 1.93 bits per heavy atom. The summed E-state index contributed by atoms with van der Waals surface area (Å²) in [6.07, 6.45) is -1.68. The van der Waals surface area contributed by atoms with Gasteiger partial charge in [0, 0.05) is 25.6 Å². The Morgan fingerprint density at radius 1 is 1.30 bits per heavy atom. The number of ether oxygens (including phenoxy) is 1. The third-order valence-electron chi connectivity index (χ3n) is 5.23. The number of piperidine rings is 1. The van der Waals surface area contributed by atoms with Crippen LogP contribution in [-0.4, -0.2) is 75.7 Å². The number of hydrogen-bond donors (Lipinski definition) is 2. The summed E-state index contributed by atoms with van der Waals surface area (Å²) in [5, 5.41) is 7.12. The van der Waals surface area contributed by atoms with E-state index in [1.807, 2.05) is 0 Å². The van der Waals surface area contributed by atoms with Crippen LogP contribution in [0.3, 0.4) is 0 Å². The van der Waals surface area contributed by atoms with Gasteiger partial charge in [0.15, 0.2) is 0 Å². The molecule has 0 aliphatic carbocycles. The molecule has 2 N–H and O–H groups in total. The number of carboxylic acid groups (broad SMARTS) is 1. The average Bonchev–Trinajstić information content (AvgIpc) is 3.07. The molecular formula is C19H27F3N2O5S. The standard InChI is InChI=1S/C17H26N2O3S.C2HF3O2/c1-23(20,21)18-11-17-16-8-10-19(12-15(16)13-22-17)9-7-14-5-3-2-4-6-14;3-2(4,5)1(6)7/h2-6,15-18H,7-13H2,1H3;(H,6,7)/t15-,16-,17-;/m1./s1. The van der Waals surface area contributed by atoms with E-state index in [0.717, 1.165) is 39.1 Å². The number of aliphatic carboxylic acids is 1. The van der Waals surface area contributed by atoms with Gasteiger partial charge in [-0.2, -0.15) is 13.2 Å². The van der Waals surface area contributed by atoms with Crippen LogP contribution in [0.5, 0.6) is 0 Å². The van der Waals surface area contributed by atoms with Gasteiger partial charge < -0.3 is 14.7 Å². The second-order valence-corrected chi connectivity index (χ2v) is 9.38. The molecule has 0 unspecified atom stereocenters. The Kier molecular flexibility index (Phi) is 8.65. The number of carboxylic acids is 1. The predicted molar refractivity (Wildman–Crippen MR) is 104 cm³/mol. The molecule has 2 saturated heterocycles. The van der Waals surface area contributed by atoms with Gasteiger partial charge in [-0.3, -0.25) is 0 Å². The number of hydrogen-bond acceptors (Lipinski definition) is 5. The highest BCUT2D eigenvalue weighted by Crippen LogP contribution is 2.34. The van der Waals surface area contributed by atoms with Gasteiger partial charge in [-0.25, -0.2) is 17.9 Å². The SMILES string of the molecule is CS(=O)(=O)NC[C@H]1OC[C@H]2CN(CCc3ccccc3)CC[C@H]21.O=C(O)C(F)(F)F. The van der Waals surface area contributed by atoms with E-state index in [9.17, 15) is 21.6 Å². The van der Waals surface area contributed by atoms with Crippen molar-refractivity contribution in [2.24, 2.45) is 11.8 Å². The number of rotatable bonds is 6. The summed E-state index contributed by atoms with van der Waals surface area (Å²) in [7, 11) is -3.14. The molecule has 2 heterocycles. The minimum absolute atomic E-state index is 0.0333. The Bertz CT molecular complexity index is 789. The molecule has 0 aromatic heterocycles. The first-order valence-electron chi connectivity index (χ1n) is 9.58. The molecule has 170 valence electrons. The van der Waals surface area contributed by atoms with E-state index in [4.69, 9.17) is 14.6 Å². The normalized spacial score (nSPS) is 24.6. The van der Waals surface area contributed by atoms with Crippen molar-refractivity contribution in [2.75, 3.05) is 39.0 Å². The molecule has 1 aromatic carbocycles. The van der Waals surface area contributed by atoms with Crippen molar-refractivity contribution in [3.05, 3.63) is 35.9 Å². The second kappa shape index (κ2) is 10.6. The van der Waals surface area contributed by atoms with E-state index in [1.54, 1.807) is 0 Å². The first kappa shape index (κ1) is 24.6. The Hall–Kier alpha value is -1.69. The Labute approximate surface area is 174 Å². The summed E-state index contributed by atoms with van der Waals surface area (Å²) in [5.41, 5.74) is 1.38. The summed E-state index contributed by atoms with van der Waals surface area (Å²) in [6.45, 7) is 4.38. The van der Waals surface area contributed by atoms with Crippen LogP contribution in [0.2, 0.25) is 0 Å². The molecule has 2 aliphatic heterocycles. The number of halogens is 3. The number of likely N-dealkylation sites (tertiary alicyclic amines) is 1. The van der Waals surface area contributed by atoms with E-state index >= 15 is 0 Å². The fourth-order valence-electron chi connectivity index (χ4n) is 3.74. The molecule has 0 bridgehead atoms. The zero-order valence-electron chi connectivity index (χ0n) is 16.6. The quantitative estimate of drug-likeness (QED) is 0.683. The maximum Gasteiger partial charge on any atom is 0.490 e. The fourth-order valence-corrected chi connectivity index (χ4v) is 4.21. The van der Waals surface area contributed by atoms with Crippen LogP contribution >= 0.6 is 0 Å². The largest absolute Gasteiger partial charge is 0.490 e. The smallest absolute Gasteiger partial charge is 0.475 e. The number of nitrogens with zero attached hydrogens (tertiary/aromatic N) is 1. The van der Waals surface area contributed by atoms with Crippen molar-refractivity contribution in [3.8, 4) is 0 Å². The first-order chi connectivity index (χ1) is 14.0. The van der Waals surface area contributed by atoms with E-state index < -0.39 is 22.2 Å². The molecule has 11 heteroatoms. The van der Waals surface area contributed by atoms with Crippen molar-refractivity contribution >= 4 is 16.0 Å². The highest BCUT2D eigenvalue weighted by atomic mass is 32.2. The minimum Gasteiger partial charge on any atom is -0.475 e. The molecule has 3 atom stereocenters. The average molecular weight is 452 g/mol. The highest BCUT2D eigenvalue weighted by molar-refractivity contribution is 7.88. The Morgan fingerprint density at radius 3 is 2.50 bits per heavy atom. The van der Waals surface area contributed by atoms with Gasteiger partial charge in [0.05, 0.1) is 19.0 Å². The maximum absolute atomic E-state index is 11.2. The molecule has 2 fully saturated rings. The molecule has 0 amide bonds. The summed E-state index contributed by atoms with van der Waals surface area (Å²) in [4.78, 5) is 11.4. The number of benzene rings is 1. The highest BCUT2D eigenvalue weighted by Gasteiger charge is 2.40. The van der Waals surface area contributed by atoms with Crippen LogP contribution in [0.15, 0.2) is 30.3 Å². The number of nitrogens with one attached hydrogen (secondary N) is 1. The number of alkyl halides is 3. The van der Waals surface area contributed by atoms with Crippen LogP contribution in [0.25, 0.3) is 0 Å². The van der Waals surface area contributed by atoms with Gasteiger partial charge in [0.2, 0.25) is 10.0 Å². The Balaban J connectivity index is 0.000000396. The van der Waals surface area contributed by atoms with Gasteiger partial charge in [-0.1, -0.05) is 30.3 Å². The first-order valence-corrected chi connectivity index (χ1v) is 11.5. The van der Waals surface area contributed by atoms with E-state index in [1.165, 1.54) is 11.8 Å². The van der Waals surface area contributed by atoms with Crippen LogP contribution in [0.1, 0.15) is 12.0 Å². The summed E-state index contributed by atoms with van der Waals surface area (Å²) < 4.78 is 62.7. The molecular weight excluding hydrogens is 425 g/mol. The predicted octanol–water partition coefficient (Wildman–Crippen LogP) is 1.75. The van der Waals surface area contributed by atoms with Crippen LogP contribution in [0, 0.1) is 11.8 Å². The van der Waals surface area contributed by atoms with Crippen molar-refractivity contribution in [1.29, 1.82) is 0 Å². The zero-order chi connectivity index (χ0) is 22.4. The molecule has 0 radical (unpaired) electrons. The van der Waals surface area contributed by atoms with E-state index in [-0.39, 0.29) is 6.10 Å². The van der Waals surface area contributed by atoms with Gasteiger partial charge in [-0.15, -0.1) is 0 Å². The maximum atomic E-state index is 11.2. The third kappa shape index (κ3) is 8.21. The van der Waals surface area contributed by atoms with Gasteiger partial charge in [-0.05, 0) is 30.9 Å². The summed E-state index contributed by atoms with van der Waals surface area (Å²) in [5.74, 6) is -1.74. The number of sulfonamides is 1. The monoisotopic (exact) mass is 452 g/mol. The third-order valence-corrected chi connectivity index (χ3v) is 5.92.